The number of rotatable bonds is 6. The van der Waals surface area contributed by atoms with Crippen molar-refractivity contribution in [2.75, 3.05) is 24.8 Å². The van der Waals surface area contributed by atoms with Gasteiger partial charge in [-0.3, -0.25) is 14.4 Å². The summed E-state index contributed by atoms with van der Waals surface area (Å²) in [6, 6.07) is 7.98. The maximum absolute atomic E-state index is 12.8. The second-order valence-corrected chi connectivity index (χ2v) is 6.41. The summed E-state index contributed by atoms with van der Waals surface area (Å²) in [7, 11) is 2.82. The molecule has 148 valence electrons. The molecule has 2 aromatic rings. The van der Waals surface area contributed by atoms with E-state index in [1.165, 1.54) is 38.6 Å². The molecule has 9 nitrogen and oxygen atoms in total. The molecule has 1 heterocycles. The van der Waals surface area contributed by atoms with Gasteiger partial charge in [0.1, 0.15) is 17.6 Å². The summed E-state index contributed by atoms with van der Waals surface area (Å²) in [6.07, 6.45) is 2.95. The number of amides is 3. The van der Waals surface area contributed by atoms with Gasteiger partial charge >= 0.3 is 0 Å². The van der Waals surface area contributed by atoms with Gasteiger partial charge in [0, 0.05) is 25.2 Å². The van der Waals surface area contributed by atoms with Crippen LogP contribution in [0.15, 0.2) is 30.5 Å². The van der Waals surface area contributed by atoms with Gasteiger partial charge in [0.2, 0.25) is 5.91 Å². The van der Waals surface area contributed by atoms with Crippen molar-refractivity contribution in [1.29, 1.82) is 5.26 Å². The van der Waals surface area contributed by atoms with Crippen LogP contribution in [0.4, 0.5) is 11.5 Å². The maximum atomic E-state index is 12.8. The monoisotopic (exact) mass is 393 g/mol. The van der Waals surface area contributed by atoms with Crippen LogP contribution in [0, 0.1) is 17.2 Å². The van der Waals surface area contributed by atoms with Crippen molar-refractivity contribution < 1.29 is 19.1 Å². The maximum Gasteiger partial charge on any atom is 0.259 e. The molecule has 0 radical (unpaired) electrons. The number of methoxy groups -OCH3 is 1. The number of carbonyl (C=O) groups excluding carboxylic acids is 3. The topological polar surface area (TPSA) is 133 Å². The van der Waals surface area contributed by atoms with E-state index in [1.807, 2.05) is 6.07 Å². The Bertz CT molecular complexity index is 1020. The lowest BCUT2D eigenvalue weighted by Crippen LogP contribution is -2.23. The van der Waals surface area contributed by atoms with Crippen LogP contribution in [0.25, 0.3) is 0 Å². The van der Waals surface area contributed by atoms with Crippen molar-refractivity contribution in [2.24, 2.45) is 5.92 Å². The summed E-state index contributed by atoms with van der Waals surface area (Å²) in [5, 5.41) is 17.0. The molecular weight excluding hydrogens is 374 g/mol. The quantitative estimate of drug-likeness (QED) is 0.687. The van der Waals surface area contributed by atoms with E-state index in [-0.39, 0.29) is 45.8 Å². The highest BCUT2D eigenvalue weighted by molar-refractivity contribution is 6.10. The smallest absolute Gasteiger partial charge is 0.259 e. The van der Waals surface area contributed by atoms with Crippen molar-refractivity contribution >= 4 is 29.2 Å². The molecule has 3 N–H and O–H groups in total. The summed E-state index contributed by atoms with van der Waals surface area (Å²) >= 11 is 0. The predicted molar refractivity (Wildman–Crippen MR) is 105 cm³/mol. The molecule has 29 heavy (non-hydrogen) atoms. The van der Waals surface area contributed by atoms with E-state index in [4.69, 9.17) is 4.74 Å². The van der Waals surface area contributed by atoms with E-state index in [9.17, 15) is 19.6 Å². The SMILES string of the molecule is CNC(=O)c1cnc(NC(=O)C2CC2)cc1NC(=O)c1cccc(C#N)c1OC. The standard InChI is InChI=1S/C20H19N5O4/c1-22-19(27)14-10-23-16(25-18(26)11-6-7-11)8-15(14)24-20(28)13-5-3-4-12(9-21)17(13)29-2/h3-5,8,10-11H,6-7H2,1-2H3,(H,22,27)(H2,23,24,25,26,28). The van der Waals surface area contributed by atoms with Crippen LogP contribution in [0.3, 0.4) is 0 Å². The third-order valence-corrected chi connectivity index (χ3v) is 4.41. The van der Waals surface area contributed by atoms with Gasteiger partial charge in [-0.15, -0.1) is 0 Å². The Hall–Kier alpha value is -3.93. The molecule has 1 aliphatic carbocycles. The van der Waals surface area contributed by atoms with Crippen LogP contribution in [0.2, 0.25) is 0 Å². The second kappa shape index (κ2) is 8.39. The molecule has 0 unspecified atom stereocenters. The van der Waals surface area contributed by atoms with Crippen LogP contribution < -0.4 is 20.7 Å². The van der Waals surface area contributed by atoms with Gasteiger partial charge in [0.05, 0.1) is 29.5 Å². The van der Waals surface area contributed by atoms with Crippen LogP contribution in [-0.2, 0) is 4.79 Å². The molecular formula is C20H19N5O4. The summed E-state index contributed by atoms with van der Waals surface area (Å²) < 4.78 is 5.20. The Labute approximate surface area is 167 Å². The number of carbonyl (C=O) groups is 3. The fourth-order valence-corrected chi connectivity index (χ4v) is 2.73. The highest BCUT2D eigenvalue weighted by atomic mass is 16.5. The molecule has 3 rings (SSSR count). The normalized spacial score (nSPS) is 12.4. The molecule has 1 aromatic heterocycles. The molecule has 0 aliphatic heterocycles. The zero-order chi connectivity index (χ0) is 21.0. The minimum atomic E-state index is -0.574. The Morgan fingerprint density at radius 1 is 1.17 bits per heavy atom. The summed E-state index contributed by atoms with van der Waals surface area (Å²) in [5.74, 6) is -0.842. The lowest BCUT2D eigenvalue weighted by atomic mass is 10.1. The lowest BCUT2D eigenvalue weighted by Gasteiger charge is -2.14. The van der Waals surface area contributed by atoms with Crippen molar-refractivity contribution in [2.45, 2.75) is 12.8 Å². The first kappa shape index (κ1) is 19.8. The zero-order valence-corrected chi connectivity index (χ0v) is 15.9. The minimum Gasteiger partial charge on any atom is -0.495 e. The van der Waals surface area contributed by atoms with E-state index in [0.29, 0.717) is 0 Å². The molecule has 0 spiro atoms. The molecule has 0 saturated heterocycles. The fraction of sp³-hybridized carbons (Fsp3) is 0.250. The number of pyridine rings is 1. The zero-order valence-electron chi connectivity index (χ0n) is 15.9. The molecule has 1 aromatic carbocycles. The van der Waals surface area contributed by atoms with Crippen LogP contribution >= 0.6 is 0 Å². The Balaban J connectivity index is 1.93. The van der Waals surface area contributed by atoms with Crippen LogP contribution in [0.5, 0.6) is 5.75 Å². The summed E-state index contributed by atoms with van der Waals surface area (Å²) in [5.41, 5.74) is 0.633. The third-order valence-electron chi connectivity index (χ3n) is 4.41. The number of hydrogen-bond acceptors (Lipinski definition) is 6. The third kappa shape index (κ3) is 4.32. The van der Waals surface area contributed by atoms with E-state index < -0.39 is 11.8 Å². The van der Waals surface area contributed by atoms with E-state index in [0.717, 1.165) is 12.8 Å². The van der Waals surface area contributed by atoms with E-state index in [1.54, 1.807) is 6.07 Å². The number of nitrogens with one attached hydrogen (secondary N) is 3. The van der Waals surface area contributed by atoms with Gasteiger partial charge in [0.15, 0.2) is 0 Å². The first-order valence-corrected chi connectivity index (χ1v) is 8.90. The Morgan fingerprint density at radius 2 is 1.93 bits per heavy atom. The number of benzene rings is 1. The lowest BCUT2D eigenvalue weighted by molar-refractivity contribution is -0.117. The van der Waals surface area contributed by atoms with E-state index in [2.05, 4.69) is 20.9 Å². The molecule has 1 aliphatic rings. The largest absolute Gasteiger partial charge is 0.495 e. The van der Waals surface area contributed by atoms with Crippen molar-refractivity contribution in [3.8, 4) is 11.8 Å². The average molecular weight is 393 g/mol. The minimum absolute atomic E-state index is 0.0218. The van der Waals surface area contributed by atoms with Gasteiger partial charge in [-0.1, -0.05) is 6.07 Å². The predicted octanol–water partition coefficient (Wildman–Crippen LogP) is 1.92. The second-order valence-electron chi connectivity index (χ2n) is 6.41. The summed E-state index contributed by atoms with van der Waals surface area (Å²) in [6.45, 7) is 0. The number of nitriles is 1. The first-order chi connectivity index (χ1) is 14.0. The molecule has 9 heteroatoms. The molecule has 0 bridgehead atoms. The fourth-order valence-electron chi connectivity index (χ4n) is 2.73. The van der Waals surface area contributed by atoms with E-state index >= 15 is 0 Å². The van der Waals surface area contributed by atoms with Gasteiger partial charge in [-0.05, 0) is 25.0 Å². The molecule has 3 amide bonds. The Morgan fingerprint density at radius 3 is 2.55 bits per heavy atom. The number of nitrogens with zero attached hydrogens (tertiary/aromatic N) is 2. The van der Waals surface area contributed by atoms with Crippen molar-refractivity contribution in [3.63, 3.8) is 0 Å². The van der Waals surface area contributed by atoms with Gasteiger partial charge in [0.25, 0.3) is 11.8 Å². The number of para-hydroxylation sites is 1. The van der Waals surface area contributed by atoms with Crippen molar-refractivity contribution in [3.05, 3.63) is 47.2 Å². The van der Waals surface area contributed by atoms with Gasteiger partial charge in [-0.2, -0.15) is 5.26 Å². The number of aromatic nitrogens is 1. The number of ether oxygens (including phenoxy) is 1. The van der Waals surface area contributed by atoms with Crippen LogP contribution in [0.1, 0.15) is 39.1 Å². The number of anilines is 2. The first-order valence-electron chi connectivity index (χ1n) is 8.90. The molecule has 1 saturated carbocycles. The highest BCUT2D eigenvalue weighted by Gasteiger charge is 2.30. The van der Waals surface area contributed by atoms with Gasteiger partial charge in [-0.25, -0.2) is 4.98 Å². The number of hydrogen-bond donors (Lipinski definition) is 3. The van der Waals surface area contributed by atoms with Gasteiger partial charge < -0.3 is 20.7 Å². The van der Waals surface area contributed by atoms with Crippen molar-refractivity contribution in [1.82, 2.24) is 10.3 Å². The highest BCUT2D eigenvalue weighted by Crippen LogP contribution is 2.31. The molecule has 0 atom stereocenters. The average Bonchev–Trinajstić information content (AvgIpc) is 3.58. The van der Waals surface area contributed by atoms with Crippen LogP contribution in [-0.4, -0.2) is 36.9 Å². The summed E-state index contributed by atoms with van der Waals surface area (Å²) in [4.78, 5) is 41.1. The Kier molecular flexibility index (Phi) is 5.74. The molecule has 1 fully saturated rings.